The highest BCUT2D eigenvalue weighted by Crippen LogP contribution is 2.34. The molecule has 0 bridgehead atoms. The first-order valence-corrected chi connectivity index (χ1v) is 12.0. The van der Waals surface area contributed by atoms with E-state index in [2.05, 4.69) is 17.1 Å². The van der Waals surface area contributed by atoms with Crippen molar-refractivity contribution in [2.45, 2.75) is 25.8 Å². The molecular formula is C24H25Cl4N5. The third-order valence-corrected chi connectivity index (χ3v) is 6.65. The Morgan fingerprint density at radius 3 is 2.30 bits per heavy atom. The zero-order valence-corrected chi connectivity index (χ0v) is 21.3. The van der Waals surface area contributed by atoms with Crippen molar-refractivity contribution in [1.82, 2.24) is 20.0 Å². The Kier molecular flexibility index (Phi) is 7.56. The Morgan fingerprint density at radius 1 is 1.00 bits per heavy atom. The Morgan fingerprint density at radius 2 is 1.67 bits per heavy atom. The van der Waals surface area contributed by atoms with Crippen molar-refractivity contribution >= 4 is 53.0 Å². The quantitative estimate of drug-likeness (QED) is 0.334. The van der Waals surface area contributed by atoms with Crippen LogP contribution >= 0.6 is 47.2 Å². The Balaban J connectivity index is 0.00000259. The molecule has 174 valence electrons. The highest BCUT2D eigenvalue weighted by molar-refractivity contribution is 6.35. The van der Waals surface area contributed by atoms with Crippen LogP contribution in [0.3, 0.4) is 0 Å². The maximum Gasteiger partial charge on any atom is 0.152 e. The minimum Gasteiger partial charge on any atom is -0.352 e. The van der Waals surface area contributed by atoms with Gasteiger partial charge in [-0.15, -0.1) is 12.4 Å². The molecule has 1 saturated heterocycles. The SMILES string of the molecule is Cc1c(C(=NC2CC2)N2CCNCC2)nn(-c2ccc(Cl)cc2Cl)c1-c1ccc(Cl)cc1.Cl. The maximum atomic E-state index is 6.62. The summed E-state index contributed by atoms with van der Waals surface area (Å²) in [5.74, 6) is 0.977. The lowest BCUT2D eigenvalue weighted by atomic mass is 10.1. The van der Waals surface area contributed by atoms with Gasteiger partial charge in [0.2, 0.25) is 0 Å². The molecule has 2 aromatic carbocycles. The van der Waals surface area contributed by atoms with Gasteiger partial charge in [-0.25, -0.2) is 4.68 Å². The summed E-state index contributed by atoms with van der Waals surface area (Å²) in [5.41, 5.74) is 4.73. The zero-order chi connectivity index (χ0) is 22.2. The predicted molar refractivity (Wildman–Crippen MR) is 140 cm³/mol. The molecule has 0 unspecified atom stereocenters. The molecule has 9 heteroatoms. The van der Waals surface area contributed by atoms with Crippen LogP contribution in [0.4, 0.5) is 0 Å². The van der Waals surface area contributed by atoms with E-state index in [4.69, 9.17) is 44.9 Å². The predicted octanol–water partition coefficient (Wildman–Crippen LogP) is 6.04. The van der Waals surface area contributed by atoms with Gasteiger partial charge in [0.25, 0.3) is 0 Å². The van der Waals surface area contributed by atoms with Crippen LogP contribution in [0.25, 0.3) is 16.9 Å². The van der Waals surface area contributed by atoms with E-state index in [0.717, 1.165) is 73.1 Å². The summed E-state index contributed by atoms with van der Waals surface area (Å²) in [4.78, 5) is 7.45. The van der Waals surface area contributed by atoms with Crippen LogP contribution in [0, 0.1) is 6.92 Å². The molecule has 0 amide bonds. The van der Waals surface area contributed by atoms with E-state index in [1.165, 1.54) is 0 Å². The molecule has 2 heterocycles. The Hall–Kier alpha value is -1.76. The first kappa shape index (κ1) is 24.4. The van der Waals surface area contributed by atoms with Gasteiger partial charge in [0.1, 0.15) is 5.69 Å². The van der Waals surface area contributed by atoms with Gasteiger partial charge in [-0.3, -0.25) is 4.99 Å². The van der Waals surface area contributed by atoms with Gasteiger partial charge in [-0.05, 0) is 50.1 Å². The van der Waals surface area contributed by atoms with E-state index in [0.29, 0.717) is 21.1 Å². The first-order chi connectivity index (χ1) is 15.5. The molecule has 2 aliphatic rings. The van der Waals surface area contributed by atoms with Crippen LogP contribution < -0.4 is 5.32 Å². The number of nitrogens with zero attached hydrogens (tertiary/aromatic N) is 4. The average Bonchev–Trinajstić information content (AvgIpc) is 3.55. The number of aromatic nitrogens is 2. The number of benzene rings is 2. The molecule has 33 heavy (non-hydrogen) atoms. The van der Waals surface area contributed by atoms with E-state index in [-0.39, 0.29) is 12.4 Å². The lowest BCUT2D eigenvalue weighted by Crippen LogP contribution is -2.47. The number of halogens is 4. The van der Waals surface area contributed by atoms with Crippen molar-refractivity contribution < 1.29 is 0 Å². The fraction of sp³-hybridized carbons (Fsp3) is 0.333. The summed E-state index contributed by atoms with van der Waals surface area (Å²) in [5, 5.41) is 10.3. The third kappa shape index (κ3) is 5.18. The van der Waals surface area contributed by atoms with Crippen LogP contribution in [0.2, 0.25) is 15.1 Å². The maximum absolute atomic E-state index is 6.62. The largest absolute Gasteiger partial charge is 0.352 e. The summed E-state index contributed by atoms with van der Waals surface area (Å²) in [6.45, 7) is 5.82. The molecule has 1 aliphatic heterocycles. The van der Waals surface area contributed by atoms with Gasteiger partial charge in [0, 0.05) is 47.4 Å². The second kappa shape index (κ2) is 10.2. The minimum absolute atomic E-state index is 0. The van der Waals surface area contributed by atoms with E-state index in [9.17, 15) is 0 Å². The van der Waals surface area contributed by atoms with Crippen LogP contribution in [0.5, 0.6) is 0 Å². The van der Waals surface area contributed by atoms with Crippen molar-refractivity contribution in [2.24, 2.45) is 4.99 Å². The number of piperazine rings is 1. The standard InChI is InChI=1S/C24H24Cl3N5.ClH/c1-15-22(24(29-19-7-8-19)31-12-10-28-11-13-31)30-32(21-9-6-18(26)14-20(21)27)23(15)16-2-4-17(25)5-3-16;/h2-6,9,14,19,28H,7-8,10-13H2,1H3;1H. The highest BCUT2D eigenvalue weighted by atomic mass is 35.5. The first-order valence-electron chi connectivity index (χ1n) is 10.9. The van der Waals surface area contributed by atoms with E-state index in [1.807, 2.05) is 41.1 Å². The number of aliphatic imine (C=N–C) groups is 1. The normalized spacial score (nSPS) is 16.6. The molecule has 0 radical (unpaired) electrons. The van der Waals surface area contributed by atoms with Crippen molar-refractivity contribution in [1.29, 1.82) is 0 Å². The van der Waals surface area contributed by atoms with Gasteiger partial charge in [0.15, 0.2) is 5.84 Å². The smallest absolute Gasteiger partial charge is 0.152 e. The summed E-state index contributed by atoms with van der Waals surface area (Å²) in [6, 6.07) is 13.7. The summed E-state index contributed by atoms with van der Waals surface area (Å²) in [7, 11) is 0. The number of amidine groups is 1. The van der Waals surface area contributed by atoms with Gasteiger partial charge in [-0.2, -0.15) is 5.10 Å². The molecule has 0 spiro atoms. The minimum atomic E-state index is 0. The number of rotatable bonds is 4. The second-order valence-electron chi connectivity index (χ2n) is 8.26. The highest BCUT2D eigenvalue weighted by Gasteiger charge is 2.29. The van der Waals surface area contributed by atoms with Crippen LogP contribution in [-0.2, 0) is 0 Å². The number of nitrogens with one attached hydrogen (secondary N) is 1. The summed E-state index contributed by atoms with van der Waals surface area (Å²) >= 11 is 19.0. The lowest BCUT2D eigenvalue weighted by Gasteiger charge is -2.30. The Bertz CT molecular complexity index is 1160. The van der Waals surface area contributed by atoms with Crippen molar-refractivity contribution in [3.63, 3.8) is 0 Å². The molecule has 5 rings (SSSR count). The summed E-state index contributed by atoms with van der Waals surface area (Å²) < 4.78 is 1.91. The van der Waals surface area contributed by atoms with Crippen molar-refractivity contribution in [2.75, 3.05) is 26.2 Å². The van der Waals surface area contributed by atoms with Crippen LogP contribution in [-0.4, -0.2) is 52.7 Å². The molecule has 2 fully saturated rings. The average molecular weight is 525 g/mol. The zero-order valence-electron chi connectivity index (χ0n) is 18.2. The molecule has 1 saturated carbocycles. The number of hydrogen-bond acceptors (Lipinski definition) is 3. The molecule has 3 aromatic rings. The topological polar surface area (TPSA) is 45.4 Å². The van der Waals surface area contributed by atoms with Gasteiger partial charge >= 0.3 is 0 Å². The van der Waals surface area contributed by atoms with Crippen LogP contribution in [0.15, 0.2) is 47.5 Å². The number of hydrogen-bond donors (Lipinski definition) is 1. The summed E-state index contributed by atoms with van der Waals surface area (Å²) in [6.07, 6.45) is 2.28. The molecule has 1 N–H and O–H groups in total. The fourth-order valence-corrected chi connectivity index (χ4v) is 4.64. The lowest BCUT2D eigenvalue weighted by molar-refractivity contribution is 0.356. The van der Waals surface area contributed by atoms with E-state index >= 15 is 0 Å². The van der Waals surface area contributed by atoms with Gasteiger partial charge in [0.05, 0.1) is 22.4 Å². The molecule has 5 nitrogen and oxygen atoms in total. The molecule has 0 atom stereocenters. The molecule has 1 aromatic heterocycles. The fourth-order valence-electron chi connectivity index (χ4n) is 4.03. The molecular weight excluding hydrogens is 500 g/mol. The van der Waals surface area contributed by atoms with E-state index < -0.39 is 0 Å². The molecule has 1 aliphatic carbocycles. The third-order valence-electron chi connectivity index (χ3n) is 5.86. The second-order valence-corrected chi connectivity index (χ2v) is 9.54. The monoisotopic (exact) mass is 523 g/mol. The van der Waals surface area contributed by atoms with Crippen LogP contribution in [0.1, 0.15) is 24.1 Å². The van der Waals surface area contributed by atoms with E-state index in [1.54, 1.807) is 6.07 Å². The van der Waals surface area contributed by atoms with Crippen molar-refractivity contribution in [3.05, 3.63) is 68.8 Å². The van der Waals surface area contributed by atoms with Gasteiger partial charge < -0.3 is 10.2 Å². The Labute approximate surface area is 215 Å². The van der Waals surface area contributed by atoms with Gasteiger partial charge in [-0.1, -0.05) is 46.9 Å². The van der Waals surface area contributed by atoms with Crippen molar-refractivity contribution in [3.8, 4) is 16.9 Å².